The fraction of sp³-hybridized carbons (Fsp3) is 0.379. The average molecular weight is 1310 g/mol. The Morgan fingerprint density at radius 2 is 0.747 bits per heavy atom. The van der Waals surface area contributed by atoms with E-state index in [2.05, 4.69) is 67.1 Å². The van der Waals surface area contributed by atoms with Gasteiger partial charge in [0, 0.05) is 90.2 Å². The quantitative estimate of drug-likeness (QED) is 0.0142. The van der Waals surface area contributed by atoms with Crippen molar-refractivity contribution in [3.8, 4) is 0 Å². The second kappa shape index (κ2) is 35.2. The number of aromatic amines is 3. The van der Waals surface area contributed by atoms with Crippen molar-refractivity contribution in [3.63, 3.8) is 0 Å². The highest BCUT2D eigenvalue weighted by Gasteiger charge is 2.37. The summed E-state index contributed by atoms with van der Waals surface area (Å²) in [6.07, 6.45) is 5.52. The van der Waals surface area contributed by atoms with E-state index in [0.29, 0.717) is 23.1 Å². The van der Waals surface area contributed by atoms with Gasteiger partial charge in [-0.2, -0.15) is 0 Å². The fourth-order valence-electron chi connectivity index (χ4n) is 11.0. The lowest BCUT2D eigenvalue weighted by atomic mass is 9.96. The Bertz CT molecular complexity index is 3850. The van der Waals surface area contributed by atoms with Crippen molar-refractivity contribution < 1.29 is 43.5 Å². The molecule has 25 N–H and O–H groups in total. The van der Waals surface area contributed by atoms with Crippen molar-refractivity contribution in [2.24, 2.45) is 61.0 Å². The first-order chi connectivity index (χ1) is 45.6. The van der Waals surface area contributed by atoms with E-state index in [9.17, 15) is 29.1 Å². The summed E-state index contributed by atoms with van der Waals surface area (Å²) < 4.78 is 0. The van der Waals surface area contributed by atoms with E-state index in [-0.39, 0.29) is 102 Å². The number of carboxylic acid groups (broad SMARTS) is 1. The molecule has 0 saturated carbocycles. The molecule has 0 saturated heterocycles. The van der Waals surface area contributed by atoms with Crippen molar-refractivity contribution in [3.05, 3.63) is 144 Å². The van der Waals surface area contributed by atoms with Gasteiger partial charge < -0.3 is 97.4 Å². The number of guanidine groups is 3. The van der Waals surface area contributed by atoms with E-state index >= 15 is 14.4 Å². The molecule has 3 aromatic heterocycles. The molecule has 3 heterocycles. The summed E-state index contributed by atoms with van der Waals surface area (Å²) in [5.74, 6) is -8.07. The molecule has 0 unspecified atom stereocenters. The highest BCUT2D eigenvalue weighted by Crippen LogP contribution is 2.23. The highest BCUT2D eigenvalue weighted by atomic mass is 16.4. The maximum Gasteiger partial charge on any atom is 0.326 e. The predicted molar refractivity (Wildman–Crippen MR) is 364 cm³/mol. The Labute approximate surface area is 548 Å². The summed E-state index contributed by atoms with van der Waals surface area (Å²) in [7, 11) is 0. The zero-order valence-electron chi connectivity index (χ0n) is 53.2. The average Bonchev–Trinajstić information content (AvgIpc) is 1.76. The molecule has 0 aliphatic heterocycles. The lowest BCUT2D eigenvalue weighted by molar-refractivity contribution is -0.142. The van der Waals surface area contributed by atoms with Crippen LogP contribution in [0.2, 0.25) is 0 Å². The van der Waals surface area contributed by atoms with Gasteiger partial charge in [0.15, 0.2) is 17.9 Å². The molecule has 9 atom stereocenters. The van der Waals surface area contributed by atoms with E-state index in [0.717, 1.165) is 38.3 Å². The lowest BCUT2D eigenvalue weighted by Gasteiger charge is -2.29. The van der Waals surface area contributed by atoms with Crippen molar-refractivity contribution in [2.75, 3.05) is 19.6 Å². The smallest absolute Gasteiger partial charge is 0.326 e. The summed E-state index contributed by atoms with van der Waals surface area (Å²) in [6.45, 7) is 3.66. The monoisotopic (exact) mass is 1300 g/mol. The molecule has 95 heavy (non-hydrogen) atoms. The number of aliphatic imine (C=N–C) groups is 3. The molecule has 506 valence electrons. The van der Waals surface area contributed by atoms with Crippen LogP contribution in [0.3, 0.4) is 0 Å². The van der Waals surface area contributed by atoms with E-state index in [1.165, 1.54) is 0 Å². The molecule has 0 aliphatic carbocycles. The molecule has 7 rings (SSSR count). The third-order valence-corrected chi connectivity index (χ3v) is 16.3. The molecule has 0 fully saturated rings. The minimum atomic E-state index is -1.47. The largest absolute Gasteiger partial charge is 0.480 e. The molecule has 0 bridgehead atoms. The van der Waals surface area contributed by atoms with Gasteiger partial charge in [-0.05, 0) is 91.3 Å². The minimum Gasteiger partial charge on any atom is -0.480 e. The standard InChI is InChI=1S/C66H88N20O9/c1-3-37(2)55(62(93)85-54(33-41-36-79-48-23-12-9-20-44(41)48)61(92)82-51(63(94)95)26-15-29-76-66(72)73)86-58(89)50(25-14-28-75-65(70)71)81-60(91)53(32-40-35-78-47-22-11-8-19-43(40)47)84-57(88)49(24-13-27-74-64(68)69)80-59(90)52(31-39-34-77-46-21-10-7-18-42(39)46)83-56(87)45(67)30-38-16-5-4-6-17-38/h4-12,16-23,34-37,45,49-55,77-79H,3,13-15,24-33,67H2,1-2H3,(H,80,90)(H,81,91)(H,82,92)(H,83,87)(H,84,88)(H,85,93)(H,86,89)(H,94,95)(H4,68,69,74)(H4,70,71,75)(H4,72,73,76)/t37-,45-,49-,50-,51-,52-,53-,54-,55-/m0/s1. The molecule has 29 nitrogen and oxygen atoms in total. The normalized spacial score (nSPS) is 14.1. The molecule has 0 radical (unpaired) electrons. The Morgan fingerprint density at radius 3 is 1.14 bits per heavy atom. The van der Waals surface area contributed by atoms with E-state index in [4.69, 9.17) is 40.1 Å². The van der Waals surface area contributed by atoms with Crippen LogP contribution in [0.25, 0.3) is 32.7 Å². The fourth-order valence-corrected chi connectivity index (χ4v) is 11.0. The minimum absolute atomic E-state index is 0.0188. The molecular formula is C66H88N20O9. The van der Waals surface area contributed by atoms with Crippen molar-refractivity contribution in [1.82, 2.24) is 52.2 Å². The van der Waals surface area contributed by atoms with Crippen molar-refractivity contribution in [1.29, 1.82) is 0 Å². The summed E-state index contributed by atoms with van der Waals surface area (Å²) in [5, 5.41) is 32.0. The molecule has 29 heteroatoms. The van der Waals surface area contributed by atoms with E-state index in [1.807, 2.05) is 91.0 Å². The number of nitrogens with one attached hydrogen (secondary N) is 10. The van der Waals surface area contributed by atoms with Crippen LogP contribution in [-0.4, -0.2) is 153 Å². The molecular weight excluding hydrogens is 1220 g/mol. The van der Waals surface area contributed by atoms with Gasteiger partial charge in [-0.1, -0.05) is 105 Å². The van der Waals surface area contributed by atoms with Crippen LogP contribution in [0.15, 0.2) is 137 Å². The third kappa shape index (κ3) is 21.3. The topological polar surface area (TPSA) is 508 Å². The first-order valence-corrected chi connectivity index (χ1v) is 31.5. The number of carbonyl (C=O) groups excluding carboxylic acids is 7. The number of benzene rings is 4. The number of fused-ring (bicyclic) bond motifs is 3. The summed E-state index contributed by atoms with van der Waals surface area (Å²) in [4.78, 5) is 137. The lowest BCUT2D eigenvalue weighted by Crippen LogP contribution is -2.61. The van der Waals surface area contributed by atoms with Gasteiger partial charge in [-0.15, -0.1) is 0 Å². The van der Waals surface area contributed by atoms with Gasteiger partial charge in [0.05, 0.1) is 6.04 Å². The number of aromatic nitrogens is 3. The molecule has 7 amide bonds. The second-order valence-corrected chi connectivity index (χ2v) is 23.4. The van der Waals surface area contributed by atoms with Gasteiger partial charge >= 0.3 is 5.97 Å². The van der Waals surface area contributed by atoms with Gasteiger partial charge in [-0.3, -0.25) is 48.5 Å². The van der Waals surface area contributed by atoms with Crippen LogP contribution in [0, 0.1) is 5.92 Å². The number of carbonyl (C=O) groups is 8. The zero-order chi connectivity index (χ0) is 68.6. The van der Waals surface area contributed by atoms with Crippen LogP contribution in [0.1, 0.15) is 81.0 Å². The van der Waals surface area contributed by atoms with Crippen LogP contribution in [0.5, 0.6) is 0 Å². The number of para-hydroxylation sites is 3. The Morgan fingerprint density at radius 1 is 0.421 bits per heavy atom. The summed E-state index contributed by atoms with van der Waals surface area (Å²) in [6, 6.07) is 20.3. The molecule has 4 aromatic carbocycles. The maximum atomic E-state index is 15.2. The van der Waals surface area contributed by atoms with Gasteiger partial charge in [0.2, 0.25) is 41.4 Å². The number of nitrogens with zero attached hydrogens (tertiary/aromatic N) is 3. The Balaban J connectivity index is 1.18. The number of H-pyrrole nitrogens is 3. The first-order valence-electron chi connectivity index (χ1n) is 31.5. The Kier molecular flexibility index (Phi) is 26.5. The van der Waals surface area contributed by atoms with E-state index in [1.54, 1.807) is 44.6 Å². The number of nitrogens with two attached hydrogens (primary N) is 7. The SMILES string of the molecule is CC[C@H](C)[C@H](NC(=O)[C@H](CCCN=C(N)N)NC(=O)[C@H](Cc1c[nH]c2ccccc12)NC(=O)[C@H](CCCN=C(N)N)NC(=O)[C@H](Cc1c[nH]c2ccccc12)NC(=O)[C@@H](N)Cc1ccccc1)C(=O)N[C@@H](Cc1c[nH]c2ccccc12)C(=O)N[C@@H](CCCN=C(N)N)C(=O)O. The summed E-state index contributed by atoms with van der Waals surface area (Å²) >= 11 is 0. The number of aliphatic carboxylic acids is 1. The van der Waals surface area contributed by atoms with Crippen LogP contribution in [-0.2, 0) is 64.0 Å². The first kappa shape index (κ1) is 71.5. The van der Waals surface area contributed by atoms with Gasteiger partial charge in [0.1, 0.15) is 42.3 Å². The number of carboxylic acids is 1. The molecule has 7 aromatic rings. The van der Waals surface area contributed by atoms with Crippen LogP contribution in [0.4, 0.5) is 0 Å². The second-order valence-electron chi connectivity index (χ2n) is 23.4. The predicted octanol–water partition coefficient (Wildman–Crippen LogP) is 0.413. The number of rotatable bonds is 37. The Hall–Kier alpha value is -11.0. The number of hydrogen-bond donors (Lipinski definition) is 18. The van der Waals surface area contributed by atoms with E-state index < -0.39 is 102 Å². The zero-order valence-corrected chi connectivity index (χ0v) is 53.2. The molecule has 0 aliphatic rings. The maximum absolute atomic E-state index is 15.2. The number of amides is 7. The molecule has 0 spiro atoms. The highest BCUT2D eigenvalue weighted by molar-refractivity contribution is 5.99. The van der Waals surface area contributed by atoms with Crippen molar-refractivity contribution in [2.45, 2.75) is 133 Å². The third-order valence-electron chi connectivity index (χ3n) is 16.3. The number of hydrogen-bond acceptors (Lipinski definition) is 12. The van der Waals surface area contributed by atoms with Gasteiger partial charge in [0.25, 0.3) is 0 Å². The van der Waals surface area contributed by atoms with Crippen molar-refractivity contribution >= 4 is 97.9 Å². The van der Waals surface area contributed by atoms with Gasteiger partial charge in [-0.25, -0.2) is 4.79 Å². The van der Waals surface area contributed by atoms with Crippen LogP contribution < -0.4 is 77.4 Å². The van der Waals surface area contributed by atoms with Crippen LogP contribution >= 0.6 is 0 Å². The summed E-state index contributed by atoms with van der Waals surface area (Å²) in [5.41, 5.74) is 45.0.